The largest absolute Gasteiger partial charge is 0.493 e. The van der Waals surface area contributed by atoms with Gasteiger partial charge in [-0.25, -0.2) is 0 Å². The lowest BCUT2D eigenvalue weighted by Crippen LogP contribution is -2.46. The molecule has 2 heterocycles. The van der Waals surface area contributed by atoms with Gasteiger partial charge in [0.25, 0.3) is 0 Å². The van der Waals surface area contributed by atoms with Crippen molar-refractivity contribution in [1.29, 1.82) is 0 Å². The smallest absolute Gasteiger partial charge is 0.161 e. The van der Waals surface area contributed by atoms with Crippen molar-refractivity contribution in [3.8, 4) is 11.5 Å². The number of carbonyl (C=O) groups excluding carboxylic acids is 1. The van der Waals surface area contributed by atoms with Crippen molar-refractivity contribution >= 4 is 5.78 Å². The molecule has 23 heavy (non-hydrogen) atoms. The van der Waals surface area contributed by atoms with E-state index in [1.165, 1.54) is 6.07 Å². The van der Waals surface area contributed by atoms with Gasteiger partial charge in [0.05, 0.1) is 22.3 Å². The lowest BCUT2D eigenvalue weighted by Gasteiger charge is -2.43. The van der Waals surface area contributed by atoms with E-state index in [9.17, 15) is 4.79 Å². The van der Waals surface area contributed by atoms with Gasteiger partial charge in [-0.3, -0.25) is 9.69 Å². The first-order chi connectivity index (χ1) is 13.3. The third-order valence-electron chi connectivity index (χ3n) is 4.95. The van der Waals surface area contributed by atoms with Crippen LogP contribution in [-0.4, -0.2) is 37.8 Å². The van der Waals surface area contributed by atoms with Crippen molar-refractivity contribution in [3.05, 3.63) is 23.3 Å². The van der Waals surface area contributed by atoms with Gasteiger partial charge in [0, 0.05) is 31.5 Å². The molecule has 0 aromatic heterocycles. The Bertz CT molecular complexity index is 774. The normalized spacial score (nSPS) is 29.3. The molecule has 2 atom stereocenters. The molecule has 0 bridgehead atoms. The number of Topliss-reactive ketones (excluding diaryl/α,β-unsaturated/α-hetero) is 1. The predicted octanol–water partition coefficient (Wildman–Crippen LogP) is 3.24. The van der Waals surface area contributed by atoms with Gasteiger partial charge in [-0.2, -0.15) is 0 Å². The maximum atomic E-state index is 12.7. The van der Waals surface area contributed by atoms with E-state index in [0.717, 1.165) is 24.1 Å². The molecule has 0 amide bonds. The summed E-state index contributed by atoms with van der Waals surface area (Å²) in [5, 5.41) is 0. The van der Waals surface area contributed by atoms with E-state index in [4.69, 9.17) is 17.7 Å². The average molecular weight is 323 g/mol. The van der Waals surface area contributed by atoms with E-state index in [1.807, 2.05) is 0 Å². The number of nitrogens with zero attached hydrogens (tertiary/aromatic N) is 1. The zero-order valence-corrected chi connectivity index (χ0v) is 13.6. The van der Waals surface area contributed by atoms with Gasteiger partial charge in [0.1, 0.15) is 5.78 Å². The number of benzene rings is 1. The first-order valence-corrected chi connectivity index (χ1v) is 8.14. The Hall–Kier alpha value is -1.55. The maximum absolute atomic E-state index is 12.7. The van der Waals surface area contributed by atoms with Gasteiger partial charge >= 0.3 is 0 Å². The Morgan fingerprint density at radius 3 is 2.74 bits per heavy atom. The third-order valence-corrected chi connectivity index (χ3v) is 4.95. The highest BCUT2D eigenvalue weighted by atomic mass is 16.5. The number of methoxy groups -OCH3 is 2. The second kappa shape index (κ2) is 6.52. The molecule has 1 aromatic carbocycles. The molecule has 1 saturated heterocycles. The molecule has 1 aromatic rings. The number of rotatable bonds is 4. The summed E-state index contributed by atoms with van der Waals surface area (Å²) in [4.78, 5) is 15.0. The van der Waals surface area contributed by atoms with E-state index in [1.54, 1.807) is 6.07 Å². The molecule has 0 spiro atoms. The summed E-state index contributed by atoms with van der Waals surface area (Å²) in [6, 6.07) is 2.93. The summed E-state index contributed by atoms with van der Waals surface area (Å²) < 4.78 is 54.3. The van der Waals surface area contributed by atoms with Gasteiger partial charge < -0.3 is 9.47 Å². The second-order valence-electron chi connectivity index (χ2n) is 6.96. The van der Waals surface area contributed by atoms with Gasteiger partial charge in [-0.1, -0.05) is 13.8 Å². The van der Waals surface area contributed by atoms with E-state index in [-0.39, 0.29) is 29.2 Å². The van der Waals surface area contributed by atoms with Gasteiger partial charge in [-0.05, 0) is 42.0 Å². The number of carbonyl (C=O) groups is 1. The topological polar surface area (TPSA) is 38.8 Å². The molecule has 2 aliphatic heterocycles. The highest BCUT2D eigenvalue weighted by Gasteiger charge is 2.38. The standard InChI is InChI=1S/C19H27NO3/c1-12(2)7-14-11-20-6-5-13-8-18(22-3)19(23-4)9-15(13)16(20)10-17(14)21/h8-9,12,14,16H,5-7,10-11H2,1-4H3/t14-,16-/m0/s1/i3D3,4D3. The fourth-order valence-electron chi connectivity index (χ4n) is 3.90. The fourth-order valence-corrected chi connectivity index (χ4v) is 3.90. The van der Waals surface area contributed by atoms with Gasteiger partial charge in [0.2, 0.25) is 0 Å². The van der Waals surface area contributed by atoms with Crippen LogP contribution >= 0.6 is 0 Å². The number of fused-ring (bicyclic) bond motifs is 3. The third kappa shape index (κ3) is 3.09. The van der Waals surface area contributed by atoms with Crippen LogP contribution in [-0.2, 0) is 11.2 Å². The highest BCUT2D eigenvalue weighted by Crippen LogP contribution is 2.42. The SMILES string of the molecule is [2H]C([2H])([2H])Oc1cc2c(cc1OC([2H])([2H])[2H])[C@@H]1CC(=O)[C@@H](CC(C)C)CN1CC2. The van der Waals surface area contributed by atoms with Gasteiger partial charge in [0.15, 0.2) is 11.5 Å². The molecule has 1 fully saturated rings. The van der Waals surface area contributed by atoms with Crippen LogP contribution in [0.3, 0.4) is 0 Å². The van der Waals surface area contributed by atoms with E-state index >= 15 is 0 Å². The summed E-state index contributed by atoms with van der Waals surface area (Å²) in [7, 11) is -5.48. The maximum Gasteiger partial charge on any atom is 0.161 e. The van der Waals surface area contributed by atoms with Crippen LogP contribution in [0.1, 0.15) is 52.1 Å². The van der Waals surface area contributed by atoms with Crippen LogP contribution in [0.15, 0.2) is 12.1 Å². The number of ketones is 1. The Balaban J connectivity index is 1.95. The summed E-state index contributed by atoms with van der Waals surface area (Å²) >= 11 is 0. The molecule has 0 radical (unpaired) electrons. The highest BCUT2D eigenvalue weighted by molar-refractivity contribution is 5.83. The van der Waals surface area contributed by atoms with Crippen molar-refractivity contribution < 1.29 is 22.5 Å². The first kappa shape index (κ1) is 10.3. The molecule has 3 rings (SSSR count). The quantitative estimate of drug-likeness (QED) is 0.853. The summed E-state index contributed by atoms with van der Waals surface area (Å²) in [6.45, 7) is 5.65. The van der Waals surface area contributed by atoms with Crippen LogP contribution in [0, 0.1) is 11.8 Å². The zero-order valence-electron chi connectivity index (χ0n) is 19.6. The van der Waals surface area contributed by atoms with Crippen LogP contribution in [0.5, 0.6) is 11.5 Å². The van der Waals surface area contributed by atoms with Crippen molar-refractivity contribution in [2.24, 2.45) is 11.8 Å². The first-order valence-electron chi connectivity index (χ1n) is 11.1. The predicted molar refractivity (Wildman–Crippen MR) is 90.1 cm³/mol. The Kier molecular flexibility index (Phi) is 2.93. The van der Waals surface area contributed by atoms with Crippen molar-refractivity contribution in [2.45, 2.75) is 39.2 Å². The summed E-state index contributed by atoms with van der Waals surface area (Å²) in [5.41, 5.74) is 1.67. The molecular weight excluding hydrogens is 290 g/mol. The molecule has 0 unspecified atom stereocenters. The number of hydrogen-bond acceptors (Lipinski definition) is 4. The molecule has 0 aliphatic carbocycles. The van der Waals surface area contributed by atoms with E-state index < -0.39 is 14.1 Å². The lowest BCUT2D eigenvalue weighted by atomic mass is 9.80. The molecule has 0 saturated carbocycles. The number of piperidine rings is 1. The molecule has 0 N–H and O–H groups in total. The van der Waals surface area contributed by atoms with Crippen molar-refractivity contribution in [3.63, 3.8) is 0 Å². The second-order valence-corrected chi connectivity index (χ2v) is 6.96. The van der Waals surface area contributed by atoms with Crippen LogP contribution in [0.4, 0.5) is 0 Å². The minimum atomic E-state index is -2.75. The Morgan fingerprint density at radius 2 is 2.04 bits per heavy atom. The molecule has 4 heteroatoms. The van der Waals surface area contributed by atoms with E-state index in [2.05, 4.69) is 18.7 Å². The van der Waals surface area contributed by atoms with Crippen LogP contribution in [0.25, 0.3) is 0 Å². The molecule has 4 nitrogen and oxygen atoms in total. The molecule has 126 valence electrons. The van der Waals surface area contributed by atoms with Crippen LogP contribution in [0.2, 0.25) is 0 Å². The molecule has 2 aliphatic rings. The fraction of sp³-hybridized carbons (Fsp3) is 0.632. The van der Waals surface area contributed by atoms with Crippen molar-refractivity contribution in [1.82, 2.24) is 4.90 Å². The van der Waals surface area contributed by atoms with Crippen LogP contribution < -0.4 is 9.47 Å². The minimum Gasteiger partial charge on any atom is -0.493 e. The number of hydrogen-bond donors (Lipinski definition) is 0. The zero-order chi connectivity index (χ0) is 21.6. The number of ether oxygens (including phenoxy) is 2. The minimum absolute atomic E-state index is 0.0177. The van der Waals surface area contributed by atoms with Gasteiger partial charge in [-0.15, -0.1) is 0 Å². The Labute approximate surface area is 147 Å². The molecular formula is C19H27NO3. The van der Waals surface area contributed by atoms with Crippen molar-refractivity contribution in [2.75, 3.05) is 27.2 Å². The van der Waals surface area contributed by atoms with E-state index in [0.29, 0.717) is 25.3 Å². The summed E-state index contributed by atoms with van der Waals surface area (Å²) in [6.07, 6.45) is 1.88. The lowest BCUT2D eigenvalue weighted by molar-refractivity contribution is -0.129. The monoisotopic (exact) mass is 323 g/mol. The average Bonchev–Trinajstić information content (AvgIpc) is 2.53. The summed E-state index contributed by atoms with van der Waals surface area (Å²) in [5.74, 6) is 0.418. The Morgan fingerprint density at radius 1 is 1.30 bits per heavy atom.